The number of fused-ring (bicyclic) bond motifs is 2. The van der Waals surface area contributed by atoms with Gasteiger partial charge in [0.25, 0.3) is 0 Å². The second kappa shape index (κ2) is 10.4. The predicted molar refractivity (Wildman–Crippen MR) is 142 cm³/mol. The summed E-state index contributed by atoms with van der Waals surface area (Å²) in [6, 6.07) is 15.9. The Bertz CT molecular complexity index is 1350. The highest BCUT2D eigenvalue weighted by molar-refractivity contribution is 5.92. The molecule has 1 aliphatic rings. The molecule has 1 atom stereocenters. The number of nitrogens with one attached hydrogen (secondary N) is 2. The SMILES string of the molecule is COc1ccc2cc1CN(C)[C@@H](Cc1ccccc1)C(=O)N(C)CCCc1c[nH]c3ncnc(c13)N2. The van der Waals surface area contributed by atoms with Gasteiger partial charge in [-0.3, -0.25) is 9.69 Å². The lowest BCUT2D eigenvalue weighted by molar-refractivity contribution is -0.135. The Hall–Kier alpha value is -3.91. The molecule has 5 rings (SSSR count). The number of nitrogens with zero attached hydrogens (tertiary/aromatic N) is 4. The normalized spacial score (nSPS) is 17.4. The van der Waals surface area contributed by atoms with Crippen molar-refractivity contribution in [1.29, 1.82) is 0 Å². The van der Waals surface area contributed by atoms with E-state index >= 15 is 0 Å². The summed E-state index contributed by atoms with van der Waals surface area (Å²) in [5, 5.41) is 4.48. The first kappa shape index (κ1) is 23.8. The lowest BCUT2D eigenvalue weighted by Crippen LogP contribution is -2.47. The Balaban J connectivity index is 1.55. The smallest absolute Gasteiger partial charge is 0.240 e. The van der Waals surface area contributed by atoms with Crippen molar-refractivity contribution in [1.82, 2.24) is 24.8 Å². The minimum Gasteiger partial charge on any atom is -0.496 e. The summed E-state index contributed by atoms with van der Waals surface area (Å²) >= 11 is 0. The minimum absolute atomic E-state index is 0.118. The molecule has 8 heteroatoms. The van der Waals surface area contributed by atoms with E-state index in [1.807, 2.05) is 55.5 Å². The lowest BCUT2D eigenvalue weighted by atomic mass is 10.0. The van der Waals surface area contributed by atoms with Crippen LogP contribution in [0.1, 0.15) is 23.1 Å². The standard InChI is InChI=1S/C28H32N6O2/c1-33-13-7-10-20-16-29-26-25(20)27(31-18-30-26)32-22-11-12-24(36-3)21(15-22)17-34(2)23(28(33)35)14-19-8-5-4-6-9-19/h4-6,8-9,11-12,15-16,18,23H,7,10,13-14,17H2,1-3H3,(H2,29,30,31,32)/t23-/m0/s1. The van der Waals surface area contributed by atoms with Crippen molar-refractivity contribution in [3.05, 3.63) is 77.7 Å². The fraction of sp³-hybridized carbons (Fsp3) is 0.321. The second-order valence-corrected chi connectivity index (χ2v) is 9.40. The number of aryl methyl sites for hydroxylation is 1. The van der Waals surface area contributed by atoms with E-state index < -0.39 is 0 Å². The molecule has 36 heavy (non-hydrogen) atoms. The van der Waals surface area contributed by atoms with Crippen molar-refractivity contribution in [2.45, 2.75) is 31.8 Å². The topological polar surface area (TPSA) is 86.4 Å². The molecule has 0 radical (unpaired) electrons. The highest BCUT2D eigenvalue weighted by Crippen LogP contribution is 2.30. The molecule has 186 valence electrons. The van der Waals surface area contributed by atoms with E-state index in [1.165, 1.54) is 0 Å². The number of anilines is 2. The number of aromatic nitrogens is 3. The van der Waals surface area contributed by atoms with Crippen LogP contribution in [-0.2, 0) is 24.2 Å². The van der Waals surface area contributed by atoms with Gasteiger partial charge in [-0.1, -0.05) is 30.3 Å². The van der Waals surface area contributed by atoms with Crippen molar-refractivity contribution < 1.29 is 9.53 Å². The largest absolute Gasteiger partial charge is 0.496 e. The van der Waals surface area contributed by atoms with E-state index in [0.29, 0.717) is 19.5 Å². The molecule has 2 N–H and O–H groups in total. The summed E-state index contributed by atoms with van der Waals surface area (Å²) in [6.45, 7) is 1.22. The molecule has 2 aromatic carbocycles. The molecule has 4 aromatic rings. The highest BCUT2D eigenvalue weighted by atomic mass is 16.5. The number of amides is 1. The third kappa shape index (κ3) is 4.90. The van der Waals surface area contributed by atoms with Crippen molar-refractivity contribution in [2.75, 3.05) is 33.1 Å². The molecule has 0 unspecified atom stereocenters. The second-order valence-electron chi connectivity index (χ2n) is 9.40. The number of aromatic amines is 1. The summed E-state index contributed by atoms with van der Waals surface area (Å²) in [5.41, 5.74) is 4.97. The number of hydrogen-bond donors (Lipinski definition) is 2. The number of hydrogen-bond acceptors (Lipinski definition) is 6. The van der Waals surface area contributed by atoms with Gasteiger partial charge in [0.1, 0.15) is 23.5 Å². The van der Waals surface area contributed by atoms with Gasteiger partial charge in [0, 0.05) is 37.6 Å². The maximum Gasteiger partial charge on any atom is 0.240 e. The zero-order valence-electron chi connectivity index (χ0n) is 21.0. The number of rotatable bonds is 3. The Morgan fingerprint density at radius 1 is 1.08 bits per heavy atom. The number of carbonyl (C=O) groups excluding carboxylic acids is 1. The van der Waals surface area contributed by atoms with Gasteiger partial charge in [-0.25, -0.2) is 9.97 Å². The predicted octanol–water partition coefficient (Wildman–Crippen LogP) is 4.16. The first-order valence-corrected chi connectivity index (χ1v) is 12.3. The first-order chi connectivity index (χ1) is 17.5. The van der Waals surface area contributed by atoms with Crippen molar-refractivity contribution in [3.8, 4) is 5.75 Å². The summed E-state index contributed by atoms with van der Waals surface area (Å²) in [6.07, 6.45) is 5.85. The average Bonchev–Trinajstić information content (AvgIpc) is 3.31. The number of carbonyl (C=O) groups is 1. The van der Waals surface area contributed by atoms with E-state index in [2.05, 4.69) is 43.4 Å². The van der Waals surface area contributed by atoms with E-state index in [1.54, 1.807) is 13.4 Å². The van der Waals surface area contributed by atoms with Gasteiger partial charge in [-0.15, -0.1) is 0 Å². The molecule has 1 aliphatic heterocycles. The first-order valence-electron chi connectivity index (χ1n) is 12.3. The van der Waals surface area contributed by atoms with Crippen molar-refractivity contribution in [2.24, 2.45) is 0 Å². The summed E-state index contributed by atoms with van der Waals surface area (Å²) in [4.78, 5) is 29.9. The van der Waals surface area contributed by atoms with E-state index in [4.69, 9.17) is 4.74 Å². The molecule has 0 saturated heterocycles. The number of H-pyrrole nitrogens is 1. The number of benzene rings is 2. The Kier molecular flexibility index (Phi) is 6.86. The van der Waals surface area contributed by atoms with Crippen LogP contribution in [0.4, 0.5) is 11.5 Å². The molecule has 2 bridgehead atoms. The average molecular weight is 485 g/mol. The van der Waals surface area contributed by atoms with Crippen LogP contribution in [-0.4, -0.2) is 64.5 Å². The summed E-state index contributed by atoms with van der Waals surface area (Å²) < 4.78 is 5.69. The van der Waals surface area contributed by atoms with Crippen molar-refractivity contribution in [3.63, 3.8) is 0 Å². The van der Waals surface area contributed by atoms with Gasteiger partial charge in [-0.2, -0.15) is 0 Å². The molecular formula is C28H32N6O2. The molecular weight excluding hydrogens is 452 g/mol. The van der Waals surface area contributed by atoms with Crippen LogP contribution in [0.3, 0.4) is 0 Å². The summed E-state index contributed by atoms with van der Waals surface area (Å²) in [5.74, 6) is 1.67. The van der Waals surface area contributed by atoms with Crippen LogP contribution in [0.2, 0.25) is 0 Å². The quantitative estimate of drug-likeness (QED) is 0.454. The molecule has 8 nitrogen and oxygen atoms in total. The molecule has 2 aromatic heterocycles. The van der Waals surface area contributed by atoms with E-state index in [0.717, 1.165) is 57.8 Å². The van der Waals surface area contributed by atoms with Gasteiger partial charge in [-0.05, 0) is 55.6 Å². The Labute approximate surface area is 211 Å². The van der Waals surface area contributed by atoms with Gasteiger partial charge < -0.3 is 19.9 Å². The van der Waals surface area contributed by atoms with Crippen LogP contribution < -0.4 is 10.1 Å². The van der Waals surface area contributed by atoms with Crippen molar-refractivity contribution >= 4 is 28.4 Å². The van der Waals surface area contributed by atoms with Crippen LogP contribution in [0.5, 0.6) is 5.75 Å². The maximum absolute atomic E-state index is 13.7. The molecule has 3 heterocycles. The van der Waals surface area contributed by atoms with Crippen LogP contribution in [0.25, 0.3) is 11.0 Å². The molecule has 0 saturated carbocycles. The number of ether oxygens (including phenoxy) is 1. The van der Waals surface area contributed by atoms with E-state index in [-0.39, 0.29) is 11.9 Å². The van der Waals surface area contributed by atoms with Gasteiger partial charge in [0.05, 0.1) is 18.5 Å². The highest BCUT2D eigenvalue weighted by Gasteiger charge is 2.27. The number of methoxy groups -OCH3 is 1. The number of likely N-dealkylation sites (N-methyl/N-ethyl adjacent to an activating group) is 2. The molecule has 0 fully saturated rings. The maximum atomic E-state index is 13.7. The zero-order valence-corrected chi connectivity index (χ0v) is 21.0. The molecule has 1 amide bonds. The molecule has 0 aliphatic carbocycles. The van der Waals surface area contributed by atoms with Gasteiger partial charge in [0.2, 0.25) is 5.91 Å². The van der Waals surface area contributed by atoms with Crippen LogP contribution in [0, 0.1) is 0 Å². The van der Waals surface area contributed by atoms with E-state index in [9.17, 15) is 4.79 Å². The van der Waals surface area contributed by atoms with Gasteiger partial charge >= 0.3 is 0 Å². The Morgan fingerprint density at radius 3 is 2.72 bits per heavy atom. The zero-order chi connectivity index (χ0) is 25.1. The van der Waals surface area contributed by atoms with Gasteiger partial charge in [0.15, 0.2) is 0 Å². The van der Waals surface area contributed by atoms with Crippen LogP contribution in [0.15, 0.2) is 61.1 Å². The third-order valence-electron chi connectivity index (χ3n) is 6.92. The summed E-state index contributed by atoms with van der Waals surface area (Å²) in [7, 11) is 5.59. The fourth-order valence-corrected chi connectivity index (χ4v) is 4.95. The Morgan fingerprint density at radius 2 is 1.92 bits per heavy atom. The lowest BCUT2D eigenvalue weighted by Gasteiger charge is -2.31. The molecule has 0 spiro atoms. The minimum atomic E-state index is -0.300. The van der Waals surface area contributed by atoms with Crippen LogP contribution >= 0.6 is 0 Å². The fourth-order valence-electron chi connectivity index (χ4n) is 4.95. The third-order valence-corrected chi connectivity index (χ3v) is 6.92. The monoisotopic (exact) mass is 484 g/mol.